The van der Waals surface area contributed by atoms with Crippen LogP contribution in [0.4, 0.5) is 11.4 Å². The van der Waals surface area contributed by atoms with Crippen LogP contribution in [0.25, 0.3) is 49.7 Å². The number of anilines is 2. The molecule has 1 aromatic heterocycles. The maximum Gasteiger partial charge on any atom is 0.197 e. The van der Waals surface area contributed by atoms with Gasteiger partial charge in [0, 0.05) is 44.3 Å². The zero-order chi connectivity index (χ0) is 38.4. The number of hydrogen-bond donors (Lipinski definition) is 1. The van der Waals surface area contributed by atoms with Gasteiger partial charge in [-0.3, -0.25) is 0 Å². The second-order valence-corrected chi connectivity index (χ2v) is 19.7. The lowest BCUT2D eigenvalue weighted by Crippen LogP contribution is -2.38. The van der Waals surface area contributed by atoms with Crippen molar-refractivity contribution in [3.8, 4) is 27.9 Å². The number of nitrogens with one attached hydrogen (secondary N) is 1. The Kier molecular flexibility index (Phi) is 7.07. The van der Waals surface area contributed by atoms with Crippen LogP contribution in [-0.2, 0) is 21.7 Å². The lowest BCUT2D eigenvalue weighted by Gasteiger charge is -2.42. The van der Waals surface area contributed by atoms with E-state index < -0.39 is 0 Å². The van der Waals surface area contributed by atoms with Crippen molar-refractivity contribution >= 4 is 51.4 Å². The molecule has 0 saturated heterocycles. The molecule has 1 radical (unpaired) electrons. The molecule has 0 spiro atoms. The number of rotatable bonds is 3. The Morgan fingerprint density at radius 3 is 2.00 bits per heavy atom. The van der Waals surface area contributed by atoms with Gasteiger partial charge in [0.05, 0.1) is 5.52 Å². The summed E-state index contributed by atoms with van der Waals surface area (Å²) in [6, 6.07) is 39.6. The highest BCUT2D eigenvalue weighted by atomic mass is 15.0. The molecule has 10 rings (SSSR count). The minimum absolute atomic E-state index is 0.0764. The summed E-state index contributed by atoms with van der Waals surface area (Å²) in [5, 5.41) is 6.59. The molecular formula is C52H52BN2. The van der Waals surface area contributed by atoms with Crippen molar-refractivity contribution in [1.29, 1.82) is 0 Å². The van der Waals surface area contributed by atoms with Crippen molar-refractivity contribution in [3.63, 3.8) is 0 Å². The Hall–Kier alpha value is -5.02. The third-order valence-corrected chi connectivity index (χ3v) is 13.8. The molecule has 2 nitrogen and oxygen atoms in total. The molecule has 6 aromatic carbocycles. The van der Waals surface area contributed by atoms with Gasteiger partial charge in [0.25, 0.3) is 0 Å². The van der Waals surface area contributed by atoms with Crippen LogP contribution >= 0.6 is 0 Å². The van der Waals surface area contributed by atoms with E-state index in [9.17, 15) is 0 Å². The average molecular weight is 716 g/mol. The predicted octanol–water partition coefficient (Wildman–Crippen LogP) is 12.4. The van der Waals surface area contributed by atoms with E-state index in [1.807, 2.05) is 0 Å². The summed E-state index contributed by atoms with van der Waals surface area (Å²) in [7, 11) is 2.51. The monoisotopic (exact) mass is 715 g/mol. The second-order valence-electron chi connectivity index (χ2n) is 19.7. The SMILES string of the molecule is Cc1cc(-c2ccccc2Nc2ccc(C(C)(C)C)cc2)c2c3c1c1cc4c(cc1n3-c1cc3c(cc1[B]2)C(C)(C)c1ccccc1-3)C(C)(C)CCC4(C)C. The first-order chi connectivity index (χ1) is 26.0. The summed E-state index contributed by atoms with van der Waals surface area (Å²) in [5.74, 6) is 0. The fourth-order valence-electron chi connectivity index (χ4n) is 10.4. The van der Waals surface area contributed by atoms with Gasteiger partial charge in [0.15, 0.2) is 7.28 Å². The molecule has 273 valence electrons. The molecule has 0 atom stereocenters. The van der Waals surface area contributed by atoms with Crippen LogP contribution in [0.5, 0.6) is 0 Å². The lowest BCUT2D eigenvalue weighted by molar-refractivity contribution is 0.332. The summed E-state index contributed by atoms with van der Waals surface area (Å²) in [6.07, 6.45) is 2.39. The Bertz CT molecular complexity index is 2770. The van der Waals surface area contributed by atoms with Gasteiger partial charge in [-0.1, -0.05) is 135 Å². The molecule has 7 aromatic rings. The van der Waals surface area contributed by atoms with Gasteiger partial charge < -0.3 is 9.88 Å². The van der Waals surface area contributed by atoms with E-state index >= 15 is 0 Å². The summed E-state index contributed by atoms with van der Waals surface area (Å²) < 4.78 is 2.65. The summed E-state index contributed by atoms with van der Waals surface area (Å²) in [4.78, 5) is 0. The molecule has 0 fully saturated rings. The van der Waals surface area contributed by atoms with Crippen molar-refractivity contribution in [2.75, 3.05) is 5.32 Å². The smallest absolute Gasteiger partial charge is 0.197 e. The molecule has 0 saturated carbocycles. The first-order valence-electron chi connectivity index (χ1n) is 20.3. The van der Waals surface area contributed by atoms with Gasteiger partial charge >= 0.3 is 0 Å². The zero-order valence-corrected chi connectivity index (χ0v) is 34.3. The molecule has 2 heterocycles. The predicted molar refractivity (Wildman–Crippen MR) is 237 cm³/mol. The second kappa shape index (κ2) is 11.3. The molecule has 0 bridgehead atoms. The minimum atomic E-state index is -0.0764. The van der Waals surface area contributed by atoms with E-state index in [0.717, 1.165) is 11.4 Å². The van der Waals surface area contributed by atoms with Crippen molar-refractivity contribution in [2.45, 2.75) is 104 Å². The van der Waals surface area contributed by atoms with Crippen LogP contribution in [0, 0.1) is 6.92 Å². The van der Waals surface area contributed by atoms with E-state index in [4.69, 9.17) is 0 Å². The molecule has 55 heavy (non-hydrogen) atoms. The van der Waals surface area contributed by atoms with E-state index in [1.165, 1.54) is 107 Å². The normalized spacial score (nSPS) is 17.0. The van der Waals surface area contributed by atoms with Crippen LogP contribution in [0.1, 0.15) is 109 Å². The standard InChI is InChI=1S/C52H52BN2/c1-30-25-36(34-16-12-14-18-43(34)54-32-21-19-31(20-22-32)49(2,3)4)47-48-46(30)37-26-40-41(51(7,8)24-23-50(40,5)6)29-44(37)55(48)45-27-35-33-15-11-13-17-38(33)52(9,10)39(35)28-42(45)53-47/h11-22,25-29,54H,23-24H2,1-10H3. The van der Waals surface area contributed by atoms with E-state index in [0.29, 0.717) is 0 Å². The molecular weight excluding hydrogens is 663 g/mol. The van der Waals surface area contributed by atoms with Crippen molar-refractivity contribution in [1.82, 2.24) is 4.57 Å². The van der Waals surface area contributed by atoms with Crippen LogP contribution in [0.3, 0.4) is 0 Å². The molecule has 1 aliphatic heterocycles. The highest BCUT2D eigenvalue weighted by Gasteiger charge is 2.40. The minimum Gasteiger partial charge on any atom is -0.355 e. The van der Waals surface area contributed by atoms with Crippen LogP contribution in [0.2, 0.25) is 0 Å². The van der Waals surface area contributed by atoms with Gasteiger partial charge in [-0.05, 0) is 128 Å². The molecule has 0 amide bonds. The zero-order valence-electron chi connectivity index (χ0n) is 34.3. The number of aromatic nitrogens is 1. The summed E-state index contributed by atoms with van der Waals surface area (Å²) >= 11 is 0. The summed E-state index contributed by atoms with van der Waals surface area (Å²) in [6.45, 7) is 23.7. The number of hydrogen-bond acceptors (Lipinski definition) is 1. The van der Waals surface area contributed by atoms with Crippen LogP contribution in [0.15, 0.2) is 103 Å². The fraction of sp³-hybridized carbons (Fsp3) is 0.308. The number of benzene rings is 6. The highest BCUT2D eigenvalue weighted by Crippen LogP contribution is 2.52. The van der Waals surface area contributed by atoms with Crippen LogP contribution < -0.4 is 16.2 Å². The van der Waals surface area contributed by atoms with Crippen molar-refractivity contribution in [2.24, 2.45) is 0 Å². The van der Waals surface area contributed by atoms with Gasteiger partial charge in [-0.25, -0.2) is 0 Å². The van der Waals surface area contributed by atoms with Crippen molar-refractivity contribution < 1.29 is 0 Å². The molecule has 2 aliphatic carbocycles. The average Bonchev–Trinajstić information content (AvgIpc) is 3.60. The maximum absolute atomic E-state index is 3.84. The number of para-hydroxylation sites is 1. The molecule has 3 aliphatic rings. The first-order valence-corrected chi connectivity index (χ1v) is 20.3. The van der Waals surface area contributed by atoms with Gasteiger partial charge in [-0.15, -0.1) is 0 Å². The number of aryl methyl sites for hydroxylation is 1. The number of fused-ring (bicyclic) bond motifs is 9. The van der Waals surface area contributed by atoms with Gasteiger partial charge in [-0.2, -0.15) is 0 Å². The quantitative estimate of drug-likeness (QED) is 0.180. The highest BCUT2D eigenvalue weighted by molar-refractivity contribution is 6.73. The Morgan fingerprint density at radius 2 is 1.29 bits per heavy atom. The van der Waals surface area contributed by atoms with E-state index in [-0.39, 0.29) is 21.7 Å². The third kappa shape index (κ3) is 4.94. The maximum atomic E-state index is 3.84. The Labute approximate surface area is 328 Å². The summed E-state index contributed by atoms with van der Waals surface area (Å²) in [5.41, 5.74) is 22.7. The van der Waals surface area contributed by atoms with Crippen LogP contribution in [-0.4, -0.2) is 11.8 Å². The lowest BCUT2D eigenvalue weighted by atomic mass is 9.58. The Morgan fingerprint density at radius 1 is 0.636 bits per heavy atom. The molecule has 3 heteroatoms. The number of nitrogens with zero attached hydrogens (tertiary/aromatic N) is 1. The van der Waals surface area contributed by atoms with E-state index in [1.54, 1.807) is 0 Å². The third-order valence-electron chi connectivity index (χ3n) is 13.8. The van der Waals surface area contributed by atoms with Gasteiger partial charge in [0.1, 0.15) is 0 Å². The van der Waals surface area contributed by atoms with Crippen molar-refractivity contribution in [3.05, 3.63) is 137 Å². The largest absolute Gasteiger partial charge is 0.355 e. The molecule has 1 N–H and O–H groups in total. The fourth-order valence-corrected chi connectivity index (χ4v) is 10.4. The van der Waals surface area contributed by atoms with Gasteiger partial charge in [0.2, 0.25) is 0 Å². The topological polar surface area (TPSA) is 17.0 Å². The Balaban J connectivity index is 1.26. The molecule has 0 unspecified atom stereocenters. The van der Waals surface area contributed by atoms with E-state index in [2.05, 4.69) is 190 Å². The first kappa shape index (κ1) is 34.5.